The Kier molecular flexibility index (Phi) is 11.5. The summed E-state index contributed by atoms with van der Waals surface area (Å²) in [5.74, 6) is -0.240. The van der Waals surface area contributed by atoms with Crippen molar-refractivity contribution in [3.63, 3.8) is 0 Å². The lowest BCUT2D eigenvalue weighted by Gasteiger charge is -2.39. The third kappa shape index (κ3) is 9.00. The van der Waals surface area contributed by atoms with Gasteiger partial charge in [0, 0.05) is 38.6 Å². The van der Waals surface area contributed by atoms with Gasteiger partial charge in [0.25, 0.3) is 0 Å². The van der Waals surface area contributed by atoms with Crippen LogP contribution >= 0.6 is 0 Å². The zero-order valence-electron chi connectivity index (χ0n) is 25.2. The summed E-state index contributed by atoms with van der Waals surface area (Å²) >= 11 is 0. The van der Waals surface area contributed by atoms with Crippen molar-refractivity contribution in [2.24, 2.45) is 5.92 Å². The van der Waals surface area contributed by atoms with Crippen LogP contribution in [0.2, 0.25) is 0 Å². The number of benzene rings is 2. The van der Waals surface area contributed by atoms with Gasteiger partial charge in [0.1, 0.15) is 6.10 Å². The van der Waals surface area contributed by atoms with Gasteiger partial charge < -0.3 is 34.3 Å². The second kappa shape index (κ2) is 15.5. The molecule has 4 atom stereocenters. The third-order valence-corrected chi connectivity index (χ3v) is 7.91. The van der Waals surface area contributed by atoms with Crippen molar-refractivity contribution in [1.82, 2.24) is 4.98 Å². The highest BCUT2D eigenvalue weighted by Crippen LogP contribution is 2.44. The lowest BCUT2D eigenvalue weighted by molar-refractivity contribution is -0.165. The van der Waals surface area contributed by atoms with E-state index >= 15 is 0 Å². The minimum absolute atomic E-state index is 0.0864. The number of esters is 1. The number of phenols is 3. The summed E-state index contributed by atoms with van der Waals surface area (Å²) in [6, 6.07) is 12.3. The minimum atomic E-state index is -0.502. The number of unbranched alkanes of at least 4 members (excludes halogenated alkanes) is 2. The first-order valence-corrected chi connectivity index (χ1v) is 15.0. The maximum Gasteiger partial charge on any atom is 0.302 e. The molecule has 4 rings (SSSR count). The van der Waals surface area contributed by atoms with Crippen LogP contribution in [0.1, 0.15) is 75.2 Å². The minimum Gasteiger partial charge on any atom is -0.504 e. The van der Waals surface area contributed by atoms with Crippen LogP contribution in [0.5, 0.6) is 28.7 Å². The molecule has 1 aromatic heterocycles. The zero-order chi connectivity index (χ0) is 30.8. The quantitative estimate of drug-likeness (QED) is 0.110. The largest absolute Gasteiger partial charge is 0.504 e. The molecule has 232 valence electrons. The van der Waals surface area contributed by atoms with E-state index in [2.05, 4.69) is 11.9 Å². The number of aromatic nitrogens is 1. The van der Waals surface area contributed by atoms with Crippen LogP contribution in [0.4, 0.5) is 0 Å². The number of phenolic OH excluding ortho intramolecular Hbond substituents is 3. The number of ether oxygens (including phenoxy) is 4. The first-order valence-electron chi connectivity index (χ1n) is 15.0. The van der Waals surface area contributed by atoms with E-state index in [-0.39, 0.29) is 53.7 Å². The molecule has 9 heteroatoms. The van der Waals surface area contributed by atoms with E-state index in [1.807, 2.05) is 24.3 Å². The Morgan fingerprint density at radius 2 is 1.88 bits per heavy atom. The summed E-state index contributed by atoms with van der Waals surface area (Å²) in [6.07, 6.45) is 8.65. The number of pyridine rings is 1. The van der Waals surface area contributed by atoms with Crippen LogP contribution in [0.25, 0.3) is 0 Å². The van der Waals surface area contributed by atoms with Gasteiger partial charge in [-0.25, -0.2) is 0 Å². The Morgan fingerprint density at radius 3 is 2.60 bits per heavy atom. The predicted octanol–water partition coefficient (Wildman–Crippen LogP) is 6.42. The van der Waals surface area contributed by atoms with Crippen LogP contribution in [-0.2, 0) is 27.1 Å². The van der Waals surface area contributed by atoms with Gasteiger partial charge in [0.05, 0.1) is 25.9 Å². The third-order valence-electron chi connectivity index (χ3n) is 7.91. The SMILES string of the molecule is CCCCC[C@H](Cc1ccc(O)c(OC)c1)[C@@H]1C[C@@H](OC(C)=O)C[C@@H](c2cc(O)c(O)c(OCCc3cccnc3)c2)O1. The Labute approximate surface area is 253 Å². The number of rotatable bonds is 14. The first kappa shape index (κ1) is 31.9. The second-order valence-corrected chi connectivity index (χ2v) is 11.2. The average Bonchev–Trinajstić information content (AvgIpc) is 2.99. The van der Waals surface area contributed by atoms with Crippen molar-refractivity contribution in [2.45, 2.75) is 83.5 Å². The van der Waals surface area contributed by atoms with Gasteiger partial charge in [-0.3, -0.25) is 9.78 Å². The summed E-state index contributed by atoms with van der Waals surface area (Å²) in [6.45, 7) is 3.85. The highest BCUT2D eigenvalue weighted by atomic mass is 16.6. The Bertz CT molecular complexity index is 1330. The second-order valence-electron chi connectivity index (χ2n) is 11.2. The fraction of sp³-hybridized carbons (Fsp3) is 0.471. The Morgan fingerprint density at radius 1 is 1.05 bits per heavy atom. The van der Waals surface area contributed by atoms with Crippen LogP contribution in [0, 0.1) is 5.92 Å². The van der Waals surface area contributed by atoms with E-state index in [4.69, 9.17) is 18.9 Å². The summed E-state index contributed by atoms with van der Waals surface area (Å²) in [7, 11) is 1.53. The van der Waals surface area contributed by atoms with E-state index in [0.29, 0.717) is 37.0 Å². The number of carbonyl (C=O) groups excluding carboxylic acids is 1. The molecule has 2 aromatic carbocycles. The van der Waals surface area contributed by atoms with Gasteiger partial charge in [-0.1, -0.05) is 38.3 Å². The fourth-order valence-corrected chi connectivity index (χ4v) is 5.73. The smallest absolute Gasteiger partial charge is 0.302 e. The van der Waals surface area contributed by atoms with Gasteiger partial charge in [-0.05, 0) is 65.8 Å². The highest BCUT2D eigenvalue weighted by molar-refractivity contribution is 5.66. The Balaban J connectivity index is 1.58. The van der Waals surface area contributed by atoms with Crippen molar-refractivity contribution >= 4 is 5.97 Å². The standard InChI is InChI=1S/C34H43NO8/c1-4-5-6-9-25(15-24-10-11-28(37)32(16-24)40-3)30-19-27(42-22(2)36)20-31(43-30)26-17-29(38)34(39)33(18-26)41-14-12-23-8-7-13-35-21-23/h7-8,10-11,13,16-18,21,25,27,30-31,37-39H,4-6,9,12,14-15,19-20H2,1-3H3/t25-,27-,30+,31+/m1/s1. The summed E-state index contributed by atoms with van der Waals surface area (Å²) < 4.78 is 23.7. The molecule has 9 nitrogen and oxygen atoms in total. The molecule has 3 aromatic rings. The molecular weight excluding hydrogens is 550 g/mol. The average molecular weight is 594 g/mol. The number of nitrogens with zero attached hydrogens (tertiary/aromatic N) is 1. The molecule has 0 amide bonds. The number of methoxy groups -OCH3 is 1. The van der Waals surface area contributed by atoms with E-state index in [0.717, 1.165) is 36.8 Å². The van der Waals surface area contributed by atoms with Crippen molar-refractivity contribution in [3.05, 3.63) is 71.5 Å². The topological polar surface area (TPSA) is 128 Å². The van der Waals surface area contributed by atoms with Crippen LogP contribution in [0.3, 0.4) is 0 Å². The number of hydrogen-bond donors (Lipinski definition) is 3. The molecule has 0 radical (unpaired) electrons. The fourth-order valence-electron chi connectivity index (χ4n) is 5.73. The lowest BCUT2D eigenvalue weighted by atomic mass is 9.83. The van der Waals surface area contributed by atoms with Gasteiger partial charge >= 0.3 is 5.97 Å². The summed E-state index contributed by atoms with van der Waals surface area (Å²) in [4.78, 5) is 16.1. The van der Waals surface area contributed by atoms with Crippen molar-refractivity contribution in [2.75, 3.05) is 13.7 Å². The molecule has 1 aliphatic heterocycles. The van der Waals surface area contributed by atoms with E-state index in [1.54, 1.807) is 24.5 Å². The monoisotopic (exact) mass is 593 g/mol. The molecule has 0 bridgehead atoms. The first-order chi connectivity index (χ1) is 20.8. The highest BCUT2D eigenvalue weighted by Gasteiger charge is 2.37. The van der Waals surface area contributed by atoms with Crippen LogP contribution in [0.15, 0.2) is 54.9 Å². The maximum atomic E-state index is 12.0. The van der Waals surface area contributed by atoms with E-state index in [1.165, 1.54) is 20.1 Å². The molecule has 0 spiro atoms. The molecular formula is C34H43NO8. The van der Waals surface area contributed by atoms with Crippen LogP contribution < -0.4 is 9.47 Å². The Hall–Kier alpha value is -3.98. The number of hydrogen-bond acceptors (Lipinski definition) is 9. The molecule has 0 aliphatic carbocycles. The van der Waals surface area contributed by atoms with Gasteiger partial charge in [-0.2, -0.15) is 0 Å². The van der Waals surface area contributed by atoms with Crippen molar-refractivity contribution in [3.8, 4) is 28.7 Å². The molecule has 1 aliphatic rings. The molecule has 1 saturated heterocycles. The molecule has 43 heavy (non-hydrogen) atoms. The van der Waals surface area contributed by atoms with Crippen molar-refractivity contribution < 1.29 is 39.1 Å². The molecule has 1 fully saturated rings. The van der Waals surface area contributed by atoms with Gasteiger partial charge in [0.2, 0.25) is 5.75 Å². The van der Waals surface area contributed by atoms with Gasteiger partial charge in [-0.15, -0.1) is 0 Å². The lowest BCUT2D eigenvalue weighted by Crippen LogP contribution is -2.39. The normalized spacial score (nSPS) is 19.0. The number of aromatic hydroxyl groups is 3. The van der Waals surface area contributed by atoms with E-state index in [9.17, 15) is 20.1 Å². The van der Waals surface area contributed by atoms with E-state index < -0.39 is 6.10 Å². The summed E-state index contributed by atoms with van der Waals surface area (Å²) in [5.41, 5.74) is 2.63. The zero-order valence-corrected chi connectivity index (χ0v) is 25.2. The molecule has 2 heterocycles. The molecule has 0 unspecified atom stereocenters. The molecule has 0 saturated carbocycles. The van der Waals surface area contributed by atoms with Gasteiger partial charge in [0.15, 0.2) is 23.0 Å². The van der Waals surface area contributed by atoms with Crippen LogP contribution in [-0.4, -0.2) is 52.2 Å². The molecule has 3 N–H and O–H groups in total. The predicted molar refractivity (Wildman–Crippen MR) is 162 cm³/mol. The summed E-state index contributed by atoms with van der Waals surface area (Å²) in [5, 5.41) is 31.3. The number of carbonyl (C=O) groups is 1. The van der Waals surface area contributed by atoms with Crippen molar-refractivity contribution in [1.29, 1.82) is 0 Å². The maximum absolute atomic E-state index is 12.0.